The Labute approximate surface area is 130 Å². The number of hydrogen-bond acceptors (Lipinski definition) is 4. The lowest BCUT2D eigenvalue weighted by atomic mass is 10.1. The molecule has 6 nitrogen and oxygen atoms in total. The number of nitrogens with zero attached hydrogens (tertiary/aromatic N) is 3. The van der Waals surface area contributed by atoms with Crippen molar-refractivity contribution in [1.29, 1.82) is 0 Å². The molecule has 0 spiro atoms. The monoisotopic (exact) mass is 321 g/mol. The van der Waals surface area contributed by atoms with Crippen LogP contribution in [0.3, 0.4) is 0 Å². The van der Waals surface area contributed by atoms with Crippen molar-refractivity contribution in [2.24, 2.45) is 0 Å². The number of aromatic nitrogens is 2. The number of piperidine rings is 1. The quantitative estimate of drug-likeness (QED) is 0.863. The molecule has 1 aliphatic heterocycles. The second-order valence-corrected chi connectivity index (χ2v) is 7.23. The molecule has 1 aliphatic rings. The van der Waals surface area contributed by atoms with Gasteiger partial charge in [0, 0.05) is 25.5 Å². The van der Waals surface area contributed by atoms with Gasteiger partial charge in [0.15, 0.2) is 0 Å². The fourth-order valence-electron chi connectivity index (χ4n) is 2.74. The van der Waals surface area contributed by atoms with Crippen molar-refractivity contribution < 1.29 is 13.2 Å². The molecule has 1 saturated heterocycles. The van der Waals surface area contributed by atoms with E-state index in [1.807, 2.05) is 16.9 Å². The van der Waals surface area contributed by atoms with Crippen molar-refractivity contribution >= 4 is 10.0 Å². The van der Waals surface area contributed by atoms with Gasteiger partial charge in [-0.3, -0.25) is 4.68 Å². The Kier molecular flexibility index (Phi) is 4.17. The number of ether oxygens (including phenoxy) is 1. The number of sulfonamides is 1. The molecule has 2 aromatic rings. The summed E-state index contributed by atoms with van der Waals surface area (Å²) in [5.74, 6) is 0.649. The summed E-state index contributed by atoms with van der Waals surface area (Å²) >= 11 is 0. The number of benzene rings is 1. The highest BCUT2D eigenvalue weighted by molar-refractivity contribution is 7.89. The smallest absolute Gasteiger partial charge is 0.243 e. The highest BCUT2D eigenvalue weighted by atomic mass is 32.2. The summed E-state index contributed by atoms with van der Waals surface area (Å²) in [4.78, 5) is 0.311. The van der Waals surface area contributed by atoms with Gasteiger partial charge < -0.3 is 4.74 Å². The number of hydrogen-bond donors (Lipinski definition) is 0. The Balaban J connectivity index is 1.71. The lowest BCUT2D eigenvalue weighted by Crippen LogP contribution is -2.39. The maximum Gasteiger partial charge on any atom is 0.243 e. The van der Waals surface area contributed by atoms with Crippen LogP contribution in [0.1, 0.15) is 18.9 Å². The lowest BCUT2D eigenvalue weighted by molar-refractivity contribution is 0.261. The second kappa shape index (κ2) is 6.10. The van der Waals surface area contributed by atoms with E-state index in [0.717, 1.165) is 12.8 Å². The van der Waals surface area contributed by atoms with Gasteiger partial charge in [-0.2, -0.15) is 9.40 Å². The normalized spacial score (nSPS) is 17.5. The van der Waals surface area contributed by atoms with Crippen LogP contribution in [-0.2, 0) is 10.0 Å². The van der Waals surface area contributed by atoms with Crippen LogP contribution in [0.25, 0.3) is 0 Å². The van der Waals surface area contributed by atoms with E-state index in [1.165, 1.54) is 0 Å². The van der Waals surface area contributed by atoms with Crippen molar-refractivity contribution in [2.45, 2.75) is 23.8 Å². The second-order valence-electron chi connectivity index (χ2n) is 5.30. The first kappa shape index (κ1) is 15.1. The molecule has 118 valence electrons. The predicted octanol–water partition coefficient (Wildman–Crippen LogP) is 1.92. The lowest BCUT2D eigenvalue weighted by Gasteiger charge is -2.31. The first-order valence-corrected chi connectivity index (χ1v) is 8.68. The standard InChI is InChI=1S/C15H19N3O3S/c1-21-14-3-5-15(6-4-14)22(19,20)17-11-7-13(8-12-17)18-10-2-9-16-18/h2-6,9-10,13H,7-8,11-12H2,1H3. The summed E-state index contributed by atoms with van der Waals surface area (Å²) < 4.78 is 33.8. The van der Waals surface area contributed by atoms with E-state index in [1.54, 1.807) is 41.9 Å². The molecule has 0 aliphatic carbocycles. The molecule has 1 aromatic carbocycles. The molecule has 0 saturated carbocycles. The molecule has 3 rings (SSSR count). The van der Waals surface area contributed by atoms with Gasteiger partial charge in [-0.25, -0.2) is 8.42 Å². The summed E-state index contributed by atoms with van der Waals surface area (Å²) in [7, 11) is -1.87. The molecule has 1 fully saturated rings. The first-order chi connectivity index (χ1) is 10.6. The van der Waals surface area contributed by atoms with Gasteiger partial charge in [0.1, 0.15) is 5.75 Å². The van der Waals surface area contributed by atoms with Gasteiger partial charge in [-0.1, -0.05) is 0 Å². The minimum Gasteiger partial charge on any atom is -0.497 e. The van der Waals surface area contributed by atoms with Gasteiger partial charge in [0.05, 0.1) is 18.0 Å². The van der Waals surface area contributed by atoms with Crippen LogP contribution in [0.15, 0.2) is 47.6 Å². The van der Waals surface area contributed by atoms with Crippen molar-refractivity contribution in [3.05, 3.63) is 42.7 Å². The Morgan fingerprint density at radius 2 is 1.86 bits per heavy atom. The van der Waals surface area contributed by atoms with E-state index >= 15 is 0 Å². The Bertz CT molecular complexity index is 703. The maximum atomic E-state index is 12.6. The molecular formula is C15H19N3O3S. The SMILES string of the molecule is COc1ccc(S(=O)(=O)N2CCC(n3cccn3)CC2)cc1. The van der Waals surface area contributed by atoms with Crippen LogP contribution >= 0.6 is 0 Å². The molecule has 22 heavy (non-hydrogen) atoms. The molecule has 0 atom stereocenters. The Morgan fingerprint density at radius 3 is 2.41 bits per heavy atom. The molecular weight excluding hydrogens is 302 g/mol. The van der Waals surface area contributed by atoms with Crippen molar-refractivity contribution in [3.63, 3.8) is 0 Å². The van der Waals surface area contributed by atoms with Crippen LogP contribution in [-0.4, -0.2) is 42.7 Å². The fourth-order valence-corrected chi connectivity index (χ4v) is 4.21. The van der Waals surface area contributed by atoms with Crippen molar-refractivity contribution in [3.8, 4) is 5.75 Å². The summed E-state index contributed by atoms with van der Waals surface area (Å²) in [6, 6.07) is 8.69. The van der Waals surface area contributed by atoms with Crippen LogP contribution in [0.4, 0.5) is 0 Å². The summed E-state index contributed by atoms with van der Waals surface area (Å²) in [6.07, 6.45) is 5.23. The number of methoxy groups -OCH3 is 1. The minimum atomic E-state index is -3.43. The van der Waals surface area contributed by atoms with E-state index in [4.69, 9.17) is 4.74 Å². The zero-order valence-electron chi connectivity index (χ0n) is 12.4. The van der Waals surface area contributed by atoms with E-state index in [-0.39, 0.29) is 6.04 Å². The third-order valence-electron chi connectivity index (χ3n) is 4.02. The largest absolute Gasteiger partial charge is 0.497 e. The third kappa shape index (κ3) is 2.86. The minimum absolute atomic E-state index is 0.275. The summed E-state index contributed by atoms with van der Waals surface area (Å²) in [5.41, 5.74) is 0. The molecule has 1 aromatic heterocycles. The Hall–Kier alpha value is -1.86. The van der Waals surface area contributed by atoms with Crippen LogP contribution < -0.4 is 4.74 Å². The van der Waals surface area contributed by atoms with E-state index in [2.05, 4.69) is 5.10 Å². The van der Waals surface area contributed by atoms with Gasteiger partial charge in [-0.05, 0) is 43.2 Å². The molecule has 0 N–H and O–H groups in total. The summed E-state index contributed by atoms with van der Waals surface area (Å²) in [6.45, 7) is 1.03. The molecule has 0 radical (unpaired) electrons. The molecule has 0 unspecified atom stereocenters. The van der Waals surface area contributed by atoms with E-state index < -0.39 is 10.0 Å². The van der Waals surface area contributed by atoms with Crippen molar-refractivity contribution in [2.75, 3.05) is 20.2 Å². The van der Waals surface area contributed by atoms with Crippen molar-refractivity contribution in [1.82, 2.24) is 14.1 Å². The van der Waals surface area contributed by atoms with Crippen LogP contribution in [0, 0.1) is 0 Å². The molecule has 7 heteroatoms. The Morgan fingerprint density at radius 1 is 1.18 bits per heavy atom. The molecule has 2 heterocycles. The van der Waals surface area contributed by atoms with Crippen LogP contribution in [0.5, 0.6) is 5.75 Å². The molecule has 0 amide bonds. The third-order valence-corrected chi connectivity index (χ3v) is 5.93. The zero-order valence-corrected chi connectivity index (χ0v) is 13.2. The van der Waals surface area contributed by atoms with Gasteiger partial charge in [0.2, 0.25) is 10.0 Å². The topological polar surface area (TPSA) is 64.4 Å². The average Bonchev–Trinajstić information content (AvgIpc) is 3.09. The number of rotatable bonds is 4. The highest BCUT2D eigenvalue weighted by Gasteiger charge is 2.30. The maximum absolute atomic E-state index is 12.6. The van der Waals surface area contributed by atoms with Gasteiger partial charge in [-0.15, -0.1) is 0 Å². The zero-order chi connectivity index (χ0) is 15.6. The predicted molar refractivity (Wildman–Crippen MR) is 82.3 cm³/mol. The van der Waals surface area contributed by atoms with Gasteiger partial charge >= 0.3 is 0 Å². The average molecular weight is 321 g/mol. The van der Waals surface area contributed by atoms with E-state index in [0.29, 0.717) is 23.7 Å². The molecule has 0 bridgehead atoms. The highest BCUT2D eigenvalue weighted by Crippen LogP contribution is 2.27. The summed E-state index contributed by atoms with van der Waals surface area (Å²) in [5, 5.41) is 4.24. The van der Waals surface area contributed by atoms with E-state index in [9.17, 15) is 8.42 Å². The fraction of sp³-hybridized carbons (Fsp3) is 0.400. The first-order valence-electron chi connectivity index (χ1n) is 7.24. The van der Waals surface area contributed by atoms with Gasteiger partial charge in [0.25, 0.3) is 0 Å². The van der Waals surface area contributed by atoms with Crippen LogP contribution in [0.2, 0.25) is 0 Å².